The lowest BCUT2D eigenvalue weighted by Gasteiger charge is -2.36. The molecule has 8 aliphatic rings. The van der Waals surface area contributed by atoms with Gasteiger partial charge in [-0.15, -0.1) is 0 Å². The number of para-hydroxylation sites is 1. The van der Waals surface area contributed by atoms with Crippen LogP contribution in [0.25, 0.3) is 0 Å². The number of rotatable bonds is 11. The number of hydrogen-bond acceptors (Lipinski definition) is 23. The third kappa shape index (κ3) is 24.4. The highest BCUT2D eigenvalue weighted by molar-refractivity contribution is 14.1. The smallest absolute Gasteiger partial charge is 0.417 e. The van der Waals surface area contributed by atoms with E-state index >= 15 is 0 Å². The molecule has 0 radical (unpaired) electrons. The van der Waals surface area contributed by atoms with E-state index in [1.807, 2.05) is 110 Å². The van der Waals surface area contributed by atoms with Crippen LogP contribution in [0.5, 0.6) is 5.75 Å². The predicted octanol–water partition coefficient (Wildman–Crippen LogP) is 12.1. The van der Waals surface area contributed by atoms with E-state index in [9.17, 15) is 74.6 Å². The van der Waals surface area contributed by atoms with Crippen LogP contribution in [0, 0.1) is 50.3 Å². The van der Waals surface area contributed by atoms with Crippen LogP contribution in [-0.2, 0) is 97.0 Å². The highest BCUT2D eigenvalue weighted by atomic mass is 127. The van der Waals surface area contributed by atoms with Crippen molar-refractivity contribution < 1.29 is 107 Å². The Balaban J connectivity index is 0.000000147. The molecule has 0 aliphatic carbocycles. The Morgan fingerprint density at radius 3 is 1.25 bits per heavy atom. The molecule has 131 heavy (non-hydrogen) atoms. The first-order valence-corrected chi connectivity index (χ1v) is 43.6. The highest BCUT2D eigenvalue weighted by Gasteiger charge is 2.43. The van der Waals surface area contributed by atoms with Gasteiger partial charge in [0.2, 0.25) is 29.5 Å². The number of nitrogens with one attached hydrogen (secondary N) is 2. The number of ether oxygens (including phenoxy) is 4. The van der Waals surface area contributed by atoms with Gasteiger partial charge in [-0.3, -0.25) is 62.7 Å². The largest absolute Gasteiger partial charge is 0.448 e. The van der Waals surface area contributed by atoms with Crippen LogP contribution in [-0.4, -0.2) is 213 Å². The minimum absolute atomic E-state index is 0.00716. The molecule has 704 valence electrons. The number of aliphatic hydroxyl groups excluding tert-OH is 2. The van der Waals surface area contributed by atoms with E-state index in [0.717, 1.165) is 50.7 Å². The lowest BCUT2D eigenvalue weighted by molar-refractivity contribution is -0.134. The molecule has 6 aromatic heterocycles. The number of carbonyl (C=O) groups is 9. The lowest BCUT2D eigenvalue weighted by Crippen LogP contribution is -2.47. The Hall–Kier alpha value is -12.4. The van der Waals surface area contributed by atoms with Crippen molar-refractivity contribution in [1.29, 1.82) is 0 Å². The molecule has 8 atom stereocenters. The first-order valence-electron chi connectivity index (χ1n) is 42.5. The number of nitrogens with zero attached hydrogens (tertiary/aromatic N) is 17. The highest BCUT2D eigenvalue weighted by Crippen LogP contribution is 2.40. The molecule has 8 aliphatic heterocycles. The van der Waals surface area contributed by atoms with E-state index in [1.165, 1.54) is 24.9 Å². The summed E-state index contributed by atoms with van der Waals surface area (Å²) < 4.78 is 119. The average Bonchev–Trinajstić information content (AvgIpc) is 1.60. The Morgan fingerprint density at radius 1 is 0.489 bits per heavy atom. The second-order valence-electron chi connectivity index (χ2n) is 35.9. The van der Waals surface area contributed by atoms with Gasteiger partial charge in [0.15, 0.2) is 47.7 Å². The number of fused-ring (bicyclic) bond motifs is 4. The number of halogens is 7. The Bertz CT molecular complexity index is 5550. The molecule has 4 N–H and O–H groups in total. The summed E-state index contributed by atoms with van der Waals surface area (Å²) in [6.07, 6.45) is 12.1. The number of hydrogen-bond donors (Lipinski definition) is 4. The molecule has 0 spiro atoms. The minimum atomic E-state index is -1.60. The molecule has 4 saturated heterocycles. The zero-order chi connectivity index (χ0) is 95.0. The van der Waals surface area contributed by atoms with Crippen molar-refractivity contribution in [2.24, 2.45) is 11.8 Å². The van der Waals surface area contributed by atoms with Crippen LogP contribution < -0.4 is 30.1 Å². The number of benzene rings is 3. The van der Waals surface area contributed by atoms with Crippen molar-refractivity contribution >= 4 is 99.2 Å². The third-order valence-corrected chi connectivity index (χ3v) is 23.1. The predicted molar refractivity (Wildman–Crippen MR) is 466 cm³/mol. The van der Waals surface area contributed by atoms with Crippen LogP contribution in [0.2, 0.25) is 0 Å². The summed E-state index contributed by atoms with van der Waals surface area (Å²) in [4.78, 5) is 129. The topological polar surface area (TPSA) is 401 Å². The molecule has 43 heteroatoms. The molecule has 36 nitrogen and oxygen atoms in total. The quantitative estimate of drug-likeness (QED) is 0.0404. The summed E-state index contributed by atoms with van der Waals surface area (Å²) in [5.41, 5.74) is 3.77. The molecule has 4 fully saturated rings. The van der Waals surface area contributed by atoms with E-state index in [0.29, 0.717) is 120 Å². The first kappa shape index (κ1) is 97.6. The van der Waals surface area contributed by atoms with Crippen molar-refractivity contribution in [1.82, 2.24) is 74.0 Å². The number of oxazole rings is 2. The number of aromatic nitrogens is 10. The normalized spacial score (nSPS) is 20.4. The molecule has 14 heterocycles. The van der Waals surface area contributed by atoms with Crippen molar-refractivity contribution in [3.05, 3.63) is 183 Å². The van der Waals surface area contributed by atoms with E-state index in [-0.39, 0.29) is 145 Å². The number of carbonyl (C=O) groups excluding carboxylic acids is 9. The lowest BCUT2D eigenvalue weighted by atomic mass is 10.1. The standard InChI is InChI=1S/C22H20F3N5O3.C19H25N5O4.C17H26N4O4.C13H8F3NO2.C12H18IN3O2.C5H9NO2/c1-12-8-30-18(10-28(12)20(31)4-13-2-15(23)22(25)16(24)3-13)17(6-27-30)29-9-14(5-21(29)32)19-7-26-11-33-19;1-12-8-24-15(10-22(12)18(26)28-19(2,3)4)14(6-21-24)23-9-13(5-17(23)25)16-7-20-11-27-16;1-11-7-21-14(9-19(11)16(24)25-17(2,3)4)13(6-18-21)20-8-12(10-22)5-15(20)23;14-10-6-8(7-11(15)12(10)16)17-13(18)19-9-4-2-1-3-5-9;1-8-6-16-10(9(13)5-14-16)7-15(8)11(17)18-12(2,3)4;7-3-4-1-5(8)6-2-4/h2-3,6-7,11-12,14H,4-5,8-10H2,1H3;6-7,11-13H,5,8-10H2,1-4H3;6,11-12,22H,5,7-10H2,1-4H3;1-7H,(H,17,18);5,8H,6-7H2,1-4H3;4,7H,1-3H2,(H,6,8)/t12-,14?;12-,13?;11-,12?;;8-;/m000.0./s1. The van der Waals surface area contributed by atoms with E-state index < -0.39 is 57.8 Å². The first-order chi connectivity index (χ1) is 61.9. The van der Waals surface area contributed by atoms with Gasteiger partial charge in [0.25, 0.3) is 0 Å². The average molecular weight is 1940 g/mol. The fraction of sp³-hybridized carbons (Fsp3) is 0.489. The van der Waals surface area contributed by atoms with Gasteiger partial charge in [0.1, 0.15) is 34.1 Å². The third-order valence-electron chi connectivity index (χ3n) is 22.2. The van der Waals surface area contributed by atoms with Gasteiger partial charge in [0.05, 0.1) is 163 Å². The van der Waals surface area contributed by atoms with Gasteiger partial charge >= 0.3 is 24.4 Å². The van der Waals surface area contributed by atoms with Gasteiger partial charge in [-0.2, -0.15) is 20.4 Å². The molecule has 9 amide bonds. The van der Waals surface area contributed by atoms with E-state index in [2.05, 4.69) is 63.6 Å². The van der Waals surface area contributed by atoms with Gasteiger partial charge in [0, 0.05) is 107 Å². The van der Waals surface area contributed by atoms with Crippen LogP contribution in [0.1, 0.15) is 167 Å². The second-order valence-corrected chi connectivity index (χ2v) is 37.1. The SMILES string of the molecule is C[C@H]1Cn2ncc(I)c2CN1C(=O)OC(C)(C)C.C[C@H]1Cn2ncc(N3CC(CO)CC3=O)c2CN1C(=O)OC(C)(C)C.C[C@H]1Cn2ncc(N3CC(c4cnco4)CC3=O)c2CN1C(=O)Cc1cc(F)c(F)c(F)c1.C[C@H]1Cn2ncc(N3CC(c4cnco4)CC3=O)c2CN1C(=O)OC(C)(C)C.O=C(Nc1cc(F)c(F)c(F)c1)Oc1ccccc1.O=C1CC(CO)CN1. The summed E-state index contributed by atoms with van der Waals surface area (Å²) in [5, 5.41) is 40.1. The molecule has 4 unspecified atom stereocenters. The van der Waals surface area contributed by atoms with Crippen LogP contribution in [0.15, 0.2) is 113 Å². The second kappa shape index (κ2) is 41.4. The summed E-state index contributed by atoms with van der Waals surface area (Å²) in [7, 11) is 0. The monoisotopic (exact) mass is 1940 g/mol. The van der Waals surface area contributed by atoms with Gasteiger partial charge in [-0.05, 0) is 142 Å². The maximum absolute atomic E-state index is 13.6. The van der Waals surface area contributed by atoms with Gasteiger partial charge in [-0.25, -0.2) is 55.5 Å². The van der Waals surface area contributed by atoms with Crippen molar-refractivity contribution in [3.8, 4) is 5.75 Å². The summed E-state index contributed by atoms with van der Waals surface area (Å²) in [6, 6.07) is 10.8. The Labute approximate surface area is 763 Å². The van der Waals surface area contributed by atoms with E-state index in [4.69, 9.17) is 32.9 Å². The summed E-state index contributed by atoms with van der Waals surface area (Å²) >= 11 is 2.25. The summed E-state index contributed by atoms with van der Waals surface area (Å²) in [6.45, 7) is 30.3. The molecule has 0 bridgehead atoms. The zero-order valence-electron chi connectivity index (χ0n) is 74.6. The van der Waals surface area contributed by atoms with Crippen molar-refractivity contribution in [3.63, 3.8) is 0 Å². The molecular weight excluding hydrogens is 1840 g/mol. The maximum atomic E-state index is 13.6. The van der Waals surface area contributed by atoms with E-state index in [1.54, 1.807) is 88.2 Å². The van der Waals surface area contributed by atoms with Crippen LogP contribution >= 0.6 is 22.6 Å². The minimum Gasteiger partial charge on any atom is -0.448 e. The van der Waals surface area contributed by atoms with Crippen LogP contribution in [0.4, 0.5) is 68.3 Å². The zero-order valence-corrected chi connectivity index (χ0v) is 76.8. The Morgan fingerprint density at radius 2 is 0.870 bits per heavy atom. The molecule has 9 aromatic rings. The number of anilines is 4. The summed E-state index contributed by atoms with van der Waals surface area (Å²) in [5.74, 6) is -7.43. The number of aliphatic hydroxyl groups is 2. The van der Waals surface area contributed by atoms with Gasteiger partial charge in [-0.1, -0.05) is 18.2 Å². The molecule has 0 saturated carbocycles. The van der Waals surface area contributed by atoms with Gasteiger partial charge < -0.3 is 62.9 Å². The fourth-order valence-corrected chi connectivity index (χ4v) is 16.2. The molecular formula is C88H106F6IN19O17. The molecule has 3 aromatic carbocycles. The van der Waals surface area contributed by atoms with Crippen molar-refractivity contribution in [2.45, 2.75) is 227 Å². The molecule has 17 rings (SSSR count). The van der Waals surface area contributed by atoms with Crippen molar-refractivity contribution in [2.75, 3.05) is 59.4 Å². The number of amides is 9. The fourth-order valence-electron chi connectivity index (χ4n) is 15.6. The van der Waals surface area contributed by atoms with Crippen LogP contribution in [0.3, 0.4) is 0 Å². The Kier molecular flexibility index (Phi) is 30.8. The maximum Gasteiger partial charge on any atom is 0.417 e.